The Balaban J connectivity index is 2.09. The molecule has 0 bridgehead atoms. The van der Waals surface area contributed by atoms with Gasteiger partial charge >= 0.3 is 6.55 Å². The third-order valence-corrected chi connectivity index (χ3v) is 5.74. The fraction of sp³-hybridized carbons (Fsp3) is 0.600. The average molecular weight is 375 g/mol. The largest absolute Gasteiger partial charge is 0.333 e. The molecule has 0 spiro atoms. The van der Waals surface area contributed by atoms with Crippen molar-refractivity contribution in [3.8, 4) is 0 Å². The summed E-state index contributed by atoms with van der Waals surface area (Å²) >= 11 is 0. The summed E-state index contributed by atoms with van der Waals surface area (Å²) in [5, 5.41) is 7.99. The van der Waals surface area contributed by atoms with Gasteiger partial charge in [0.2, 0.25) is 10.0 Å². The number of rotatable bonds is 7. The molecule has 0 aliphatic carbocycles. The van der Waals surface area contributed by atoms with E-state index in [0.717, 1.165) is 11.4 Å². The first kappa shape index (κ1) is 19.5. The van der Waals surface area contributed by atoms with E-state index in [4.69, 9.17) is 0 Å². The molecule has 10 heteroatoms. The van der Waals surface area contributed by atoms with Crippen molar-refractivity contribution < 1.29 is 17.2 Å². The van der Waals surface area contributed by atoms with Gasteiger partial charge in [-0.05, 0) is 47.1 Å². The van der Waals surface area contributed by atoms with E-state index in [1.807, 2.05) is 31.5 Å². The van der Waals surface area contributed by atoms with Crippen LogP contribution in [0.4, 0.5) is 8.78 Å². The first-order valence-electron chi connectivity index (χ1n) is 7.91. The van der Waals surface area contributed by atoms with Gasteiger partial charge < -0.3 is 0 Å². The quantitative estimate of drug-likeness (QED) is 0.807. The van der Waals surface area contributed by atoms with Crippen molar-refractivity contribution in [2.45, 2.75) is 58.5 Å². The summed E-state index contributed by atoms with van der Waals surface area (Å²) < 4.78 is 55.4. The third kappa shape index (κ3) is 4.06. The van der Waals surface area contributed by atoms with Crippen LogP contribution < -0.4 is 4.72 Å². The van der Waals surface area contributed by atoms with Gasteiger partial charge in [-0.2, -0.15) is 19.0 Å². The van der Waals surface area contributed by atoms with Crippen molar-refractivity contribution >= 4 is 10.0 Å². The summed E-state index contributed by atoms with van der Waals surface area (Å²) in [6.07, 6.45) is 0.516. The Morgan fingerprint density at radius 1 is 1.16 bits per heavy atom. The predicted octanol–water partition coefficient (Wildman–Crippen LogP) is 2.64. The lowest BCUT2D eigenvalue weighted by atomic mass is 10.2. The molecular weight excluding hydrogens is 352 g/mol. The van der Waals surface area contributed by atoms with Crippen molar-refractivity contribution in [1.82, 2.24) is 24.3 Å². The molecule has 2 rings (SSSR count). The fourth-order valence-corrected chi connectivity index (χ4v) is 4.36. The molecule has 140 valence electrons. The van der Waals surface area contributed by atoms with Gasteiger partial charge in [0, 0.05) is 12.2 Å². The Morgan fingerprint density at radius 2 is 1.80 bits per heavy atom. The second-order valence-electron chi connectivity index (χ2n) is 6.13. The van der Waals surface area contributed by atoms with Crippen LogP contribution in [0.2, 0.25) is 0 Å². The Labute approximate surface area is 146 Å². The summed E-state index contributed by atoms with van der Waals surface area (Å²) in [6.45, 7) is 5.78. The molecule has 0 saturated heterocycles. The first-order valence-corrected chi connectivity index (χ1v) is 9.39. The molecule has 0 saturated carbocycles. The van der Waals surface area contributed by atoms with E-state index in [-0.39, 0.29) is 28.9 Å². The first-order chi connectivity index (χ1) is 11.5. The van der Waals surface area contributed by atoms with Gasteiger partial charge in [0.1, 0.15) is 4.90 Å². The van der Waals surface area contributed by atoms with Crippen LogP contribution in [0, 0.1) is 27.7 Å². The molecule has 0 fully saturated rings. The number of alkyl halides is 2. The highest BCUT2D eigenvalue weighted by Gasteiger charge is 2.27. The van der Waals surface area contributed by atoms with E-state index in [0.29, 0.717) is 11.1 Å². The SMILES string of the molecule is Cc1cc(C)n([C@H](C)CCNS(=O)(=O)c2c(C)nn(C(F)F)c2C)n1. The molecule has 0 radical (unpaired) electrons. The molecule has 1 N–H and O–H groups in total. The van der Waals surface area contributed by atoms with Crippen LogP contribution >= 0.6 is 0 Å². The zero-order valence-corrected chi connectivity index (χ0v) is 15.7. The van der Waals surface area contributed by atoms with Crippen LogP contribution in [-0.4, -0.2) is 34.5 Å². The Bertz CT molecular complexity index is 858. The lowest BCUT2D eigenvalue weighted by Crippen LogP contribution is -2.27. The summed E-state index contributed by atoms with van der Waals surface area (Å²) in [7, 11) is -3.91. The average Bonchev–Trinajstić information content (AvgIpc) is 2.97. The molecule has 0 aliphatic rings. The molecule has 25 heavy (non-hydrogen) atoms. The van der Waals surface area contributed by atoms with Gasteiger partial charge in [-0.15, -0.1) is 0 Å². The minimum Gasteiger partial charge on any atom is -0.267 e. The third-order valence-electron chi connectivity index (χ3n) is 4.03. The fourth-order valence-electron chi connectivity index (χ4n) is 2.92. The van der Waals surface area contributed by atoms with Crippen molar-refractivity contribution in [2.75, 3.05) is 6.54 Å². The number of hydrogen-bond donors (Lipinski definition) is 1. The Kier molecular flexibility index (Phi) is 5.62. The number of halogens is 2. The van der Waals surface area contributed by atoms with E-state index in [1.54, 1.807) is 0 Å². The highest BCUT2D eigenvalue weighted by molar-refractivity contribution is 7.89. The highest BCUT2D eigenvalue weighted by atomic mass is 32.2. The van der Waals surface area contributed by atoms with Gasteiger partial charge in [-0.3, -0.25) is 4.68 Å². The van der Waals surface area contributed by atoms with Crippen molar-refractivity contribution in [2.24, 2.45) is 0 Å². The predicted molar refractivity (Wildman–Crippen MR) is 89.2 cm³/mol. The van der Waals surface area contributed by atoms with Crippen LogP contribution in [0.1, 0.15) is 48.7 Å². The van der Waals surface area contributed by atoms with E-state index in [1.165, 1.54) is 13.8 Å². The molecule has 0 aliphatic heterocycles. The number of aromatic nitrogens is 4. The number of hydrogen-bond acceptors (Lipinski definition) is 4. The van der Waals surface area contributed by atoms with Crippen molar-refractivity contribution in [3.63, 3.8) is 0 Å². The monoisotopic (exact) mass is 375 g/mol. The van der Waals surface area contributed by atoms with Gasteiger partial charge in [0.15, 0.2) is 0 Å². The maximum atomic E-state index is 12.9. The number of sulfonamides is 1. The summed E-state index contributed by atoms with van der Waals surface area (Å²) in [6, 6.07) is 1.95. The van der Waals surface area contributed by atoms with Crippen molar-refractivity contribution in [1.29, 1.82) is 0 Å². The number of nitrogens with zero attached hydrogens (tertiary/aromatic N) is 4. The van der Waals surface area contributed by atoms with Crippen LogP contribution in [0.3, 0.4) is 0 Å². The molecule has 2 aromatic heterocycles. The summed E-state index contributed by atoms with van der Waals surface area (Å²) in [5.41, 5.74) is 1.87. The summed E-state index contributed by atoms with van der Waals surface area (Å²) in [4.78, 5) is -0.188. The van der Waals surface area contributed by atoms with E-state index in [9.17, 15) is 17.2 Å². The standard InChI is InChI=1S/C15H23F2N5O2S/c1-9-8-11(3)21(19-9)10(2)6-7-18-25(23,24)14-12(4)20-22(13(14)5)15(16)17/h8,10,15,18H,6-7H2,1-5H3/t10-/m1/s1. The molecule has 0 unspecified atom stereocenters. The van der Waals surface area contributed by atoms with Gasteiger partial charge in [-0.25, -0.2) is 17.8 Å². The van der Waals surface area contributed by atoms with Crippen LogP contribution in [-0.2, 0) is 10.0 Å². The van der Waals surface area contributed by atoms with E-state index < -0.39 is 16.6 Å². The summed E-state index contributed by atoms with van der Waals surface area (Å²) in [5.74, 6) is 0. The zero-order chi connectivity index (χ0) is 18.9. The maximum absolute atomic E-state index is 12.9. The van der Waals surface area contributed by atoms with Gasteiger partial charge in [-0.1, -0.05) is 0 Å². The topological polar surface area (TPSA) is 81.8 Å². The van der Waals surface area contributed by atoms with Gasteiger partial charge in [0.25, 0.3) is 0 Å². The lowest BCUT2D eigenvalue weighted by Gasteiger charge is -2.15. The molecule has 7 nitrogen and oxygen atoms in total. The number of nitrogens with one attached hydrogen (secondary N) is 1. The Hall–Kier alpha value is -1.81. The molecule has 2 heterocycles. The smallest absolute Gasteiger partial charge is 0.267 e. The molecule has 0 amide bonds. The van der Waals surface area contributed by atoms with E-state index in [2.05, 4.69) is 14.9 Å². The Morgan fingerprint density at radius 3 is 2.28 bits per heavy atom. The van der Waals surface area contributed by atoms with E-state index >= 15 is 0 Å². The van der Waals surface area contributed by atoms with Crippen LogP contribution in [0.5, 0.6) is 0 Å². The highest BCUT2D eigenvalue weighted by Crippen LogP contribution is 2.23. The molecule has 2 aromatic rings. The number of aryl methyl sites for hydroxylation is 3. The second kappa shape index (κ2) is 7.20. The van der Waals surface area contributed by atoms with Crippen LogP contribution in [0.25, 0.3) is 0 Å². The zero-order valence-electron chi connectivity index (χ0n) is 14.9. The normalized spacial score (nSPS) is 13.6. The minimum absolute atomic E-state index is 0.00220. The molecule has 1 atom stereocenters. The lowest BCUT2D eigenvalue weighted by molar-refractivity contribution is 0.0538. The molecule has 0 aromatic carbocycles. The minimum atomic E-state index is -3.91. The van der Waals surface area contributed by atoms with Crippen molar-refractivity contribution in [3.05, 3.63) is 28.8 Å². The van der Waals surface area contributed by atoms with Crippen LogP contribution in [0.15, 0.2) is 11.0 Å². The van der Waals surface area contributed by atoms with Gasteiger partial charge in [0.05, 0.1) is 23.1 Å². The molecular formula is C15H23F2N5O2S. The second-order valence-corrected chi connectivity index (χ2v) is 7.83. The maximum Gasteiger partial charge on any atom is 0.333 e.